The molecule has 2 atom stereocenters. The van der Waals surface area contributed by atoms with E-state index in [2.05, 4.69) is 24.6 Å². The highest BCUT2D eigenvalue weighted by atomic mass is 32.2. The molecule has 2 aromatic rings. The Balaban J connectivity index is 2.19. The quantitative estimate of drug-likeness (QED) is 0.809. The summed E-state index contributed by atoms with van der Waals surface area (Å²) < 4.78 is 17.3. The van der Waals surface area contributed by atoms with Gasteiger partial charge in [-0.3, -0.25) is 9.36 Å². The molecule has 6 heteroatoms. The Morgan fingerprint density at radius 3 is 2.63 bits per heavy atom. The van der Waals surface area contributed by atoms with Crippen LogP contribution in [-0.2, 0) is 23.3 Å². The SMILES string of the molecule is Cc1cc(C(C)N[S+]([O-])C(C)(C)C)c2nc3n(c(=O)c2c1)CCCC3(C)C. The van der Waals surface area contributed by atoms with Crippen molar-refractivity contribution in [3.05, 3.63) is 39.4 Å². The van der Waals surface area contributed by atoms with Crippen molar-refractivity contribution in [3.8, 4) is 0 Å². The summed E-state index contributed by atoms with van der Waals surface area (Å²) in [7, 11) is 0. The maximum absolute atomic E-state index is 13.2. The van der Waals surface area contributed by atoms with Crippen LogP contribution in [0.15, 0.2) is 16.9 Å². The number of nitrogens with zero attached hydrogens (tertiary/aromatic N) is 2. The molecule has 1 N–H and O–H groups in total. The second-order valence-corrected chi connectivity index (χ2v) is 11.3. The van der Waals surface area contributed by atoms with Crippen molar-refractivity contribution in [2.24, 2.45) is 0 Å². The van der Waals surface area contributed by atoms with Crippen LogP contribution in [0.25, 0.3) is 10.9 Å². The molecule has 1 aliphatic rings. The van der Waals surface area contributed by atoms with Gasteiger partial charge in [-0.15, -0.1) is 4.72 Å². The van der Waals surface area contributed by atoms with Crippen LogP contribution < -0.4 is 10.3 Å². The first-order valence-corrected chi connectivity index (χ1v) is 10.8. The van der Waals surface area contributed by atoms with E-state index in [1.54, 1.807) is 0 Å². The summed E-state index contributed by atoms with van der Waals surface area (Å²) in [5.41, 5.74) is 2.60. The molecule has 1 aromatic carbocycles. The largest absolute Gasteiger partial charge is 0.598 e. The molecule has 0 aliphatic carbocycles. The molecule has 0 saturated carbocycles. The zero-order chi connectivity index (χ0) is 20.1. The molecule has 1 aromatic heterocycles. The fraction of sp³-hybridized carbons (Fsp3) is 0.619. The van der Waals surface area contributed by atoms with Gasteiger partial charge >= 0.3 is 0 Å². The van der Waals surface area contributed by atoms with E-state index in [-0.39, 0.29) is 21.8 Å². The molecule has 2 heterocycles. The maximum Gasteiger partial charge on any atom is 0.261 e. The molecule has 2 unspecified atom stereocenters. The van der Waals surface area contributed by atoms with Crippen molar-refractivity contribution in [3.63, 3.8) is 0 Å². The van der Waals surface area contributed by atoms with Gasteiger partial charge < -0.3 is 4.55 Å². The number of aryl methyl sites for hydroxylation is 1. The minimum Gasteiger partial charge on any atom is -0.598 e. The van der Waals surface area contributed by atoms with E-state index in [9.17, 15) is 9.35 Å². The average molecular weight is 390 g/mol. The summed E-state index contributed by atoms with van der Waals surface area (Å²) in [5, 5.41) is 0.654. The van der Waals surface area contributed by atoms with Crippen LogP contribution in [0.3, 0.4) is 0 Å². The van der Waals surface area contributed by atoms with Crippen molar-refractivity contribution < 1.29 is 4.55 Å². The summed E-state index contributed by atoms with van der Waals surface area (Å²) in [4.78, 5) is 18.2. The third-order valence-corrected chi connectivity index (χ3v) is 7.01. The Morgan fingerprint density at radius 2 is 2.00 bits per heavy atom. The highest BCUT2D eigenvalue weighted by Crippen LogP contribution is 2.33. The van der Waals surface area contributed by atoms with Gasteiger partial charge in [-0.1, -0.05) is 19.9 Å². The Morgan fingerprint density at radius 1 is 1.33 bits per heavy atom. The van der Waals surface area contributed by atoms with Crippen molar-refractivity contribution in [1.82, 2.24) is 14.3 Å². The van der Waals surface area contributed by atoms with E-state index in [4.69, 9.17) is 4.98 Å². The highest BCUT2D eigenvalue weighted by Gasteiger charge is 2.33. The number of aromatic nitrogens is 2. The third kappa shape index (κ3) is 3.80. The fourth-order valence-electron chi connectivity index (χ4n) is 3.75. The average Bonchev–Trinajstić information content (AvgIpc) is 2.54. The Labute approximate surface area is 164 Å². The Kier molecular flexibility index (Phi) is 5.21. The lowest BCUT2D eigenvalue weighted by molar-refractivity contribution is 0.341. The molecule has 0 fully saturated rings. The van der Waals surface area contributed by atoms with Gasteiger partial charge in [0.25, 0.3) is 5.56 Å². The van der Waals surface area contributed by atoms with Gasteiger partial charge in [0.1, 0.15) is 10.6 Å². The minimum absolute atomic E-state index is 0.0388. The minimum atomic E-state index is -1.20. The van der Waals surface area contributed by atoms with Gasteiger partial charge in [0.15, 0.2) is 0 Å². The molecular weight excluding hydrogens is 358 g/mol. The molecule has 3 rings (SSSR count). The fourth-order valence-corrected chi connectivity index (χ4v) is 4.55. The zero-order valence-electron chi connectivity index (χ0n) is 17.5. The predicted molar refractivity (Wildman–Crippen MR) is 112 cm³/mol. The maximum atomic E-state index is 13.2. The van der Waals surface area contributed by atoms with Gasteiger partial charge in [0.2, 0.25) is 0 Å². The van der Waals surface area contributed by atoms with Crippen molar-refractivity contribution in [2.75, 3.05) is 0 Å². The Bertz CT molecular complexity index is 928. The van der Waals surface area contributed by atoms with Crippen molar-refractivity contribution in [1.29, 1.82) is 0 Å². The normalized spacial score (nSPS) is 19.0. The van der Waals surface area contributed by atoms with E-state index in [0.717, 1.165) is 41.9 Å². The van der Waals surface area contributed by atoms with Gasteiger partial charge in [-0.25, -0.2) is 4.98 Å². The van der Waals surface area contributed by atoms with Crippen LogP contribution >= 0.6 is 0 Å². The monoisotopic (exact) mass is 389 g/mol. The smallest absolute Gasteiger partial charge is 0.261 e. The van der Waals surface area contributed by atoms with Crippen LogP contribution in [-0.4, -0.2) is 18.9 Å². The lowest BCUT2D eigenvalue weighted by atomic mass is 9.84. The molecule has 0 amide bonds. The first-order chi connectivity index (χ1) is 12.4. The summed E-state index contributed by atoms with van der Waals surface area (Å²) >= 11 is -1.20. The highest BCUT2D eigenvalue weighted by molar-refractivity contribution is 7.90. The standard InChI is InChI=1S/C21H31N3O2S/c1-13-11-15(14(2)23-27(26)20(3,4)5)17-16(12-13)18(25)24-10-8-9-21(6,7)19(24)22-17/h11-12,14,23H,8-10H2,1-7H3. The molecule has 0 radical (unpaired) electrons. The molecular formula is C21H31N3O2S. The van der Waals surface area contributed by atoms with Crippen LogP contribution in [0.4, 0.5) is 0 Å². The lowest BCUT2D eigenvalue weighted by Gasteiger charge is -2.32. The Hall–Kier alpha value is -1.37. The number of nitrogens with one attached hydrogen (secondary N) is 1. The second kappa shape index (κ2) is 6.90. The first-order valence-electron chi connectivity index (χ1n) is 9.65. The van der Waals surface area contributed by atoms with Gasteiger partial charge in [0.05, 0.1) is 16.9 Å². The number of hydrogen-bond donors (Lipinski definition) is 1. The van der Waals surface area contributed by atoms with Gasteiger partial charge in [-0.2, -0.15) is 0 Å². The van der Waals surface area contributed by atoms with E-state index in [1.807, 2.05) is 45.3 Å². The molecule has 5 nitrogen and oxygen atoms in total. The predicted octanol–water partition coefficient (Wildman–Crippen LogP) is 3.89. The van der Waals surface area contributed by atoms with Crippen molar-refractivity contribution >= 4 is 22.3 Å². The summed E-state index contributed by atoms with van der Waals surface area (Å²) in [5.74, 6) is 0.862. The third-order valence-electron chi connectivity index (χ3n) is 5.33. The summed E-state index contributed by atoms with van der Waals surface area (Å²) in [6, 6.07) is 3.81. The molecule has 0 saturated heterocycles. The summed E-state index contributed by atoms with van der Waals surface area (Å²) in [6.45, 7) is 14.8. The van der Waals surface area contributed by atoms with Gasteiger partial charge in [0, 0.05) is 28.9 Å². The molecule has 1 aliphatic heterocycles. The summed E-state index contributed by atoms with van der Waals surface area (Å²) in [6.07, 6.45) is 2.02. The van der Waals surface area contributed by atoms with Crippen LogP contribution in [0.5, 0.6) is 0 Å². The van der Waals surface area contributed by atoms with E-state index < -0.39 is 11.4 Å². The van der Waals surface area contributed by atoms with Crippen LogP contribution in [0, 0.1) is 6.92 Å². The number of fused-ring (bicyclic) bond motifs is 2. The molecule has 27 heavy (non-hydrogen) atoms. The first kappa shape index (κ1) is 20.4. The van der Waals surface area contributed by atoms with Crippen LogP contribution in [0.1, 0.15) is 77.4 Å². The van der Waals surface area contributed by atoms with Gasteiger partial charge in [-0.05, 0) is 59.1 Å². The molecule has 0 spiro atoms. The molecule has 148 valence electrons. The van der Waals surface area contributed by atoms with Crippen molar-refractivity contribution in [2.45, 2.75) is 84.1 Å². The van der Waals surface area contributed by atoms with E-state index >= 15 is 0 Å². The van der Waals surface area contributed by atoms with E-state index in [0.29, 0.717) is 5.39 Å². The number of benzene rings is 1. The second-order valence-electron chi connectivity index (χ2n) is 9.35. The zero-order valence-corrected chi connectivity index (χ0v) is 18.3. The number of rotatable bonds is 3. The van der Waals surface area contributed by atoms with E-state index in [1.165, 1.54) is 0 Å². The van der Waals surface area contributed by atoms with Crippen LogP contribution in [0.2, 0.25) is 0 Å². The molecule has 0 bridgehead atoms. The topological polar surface area (TPSA) is 70.0 Å². The lowest BCUT2D eigenvalue weighted by Crippen LogP contribution is -2.41. The number of hydrogen-bond acceptors (Lipinski definition) is 4.